The minimum atomic E-state index is -0.980. The van der Waals surface area contributed by atoms with E-state index in [-0.39, 0.29) is 23.6 Å². The number of carbonyl (C=O) groups is 2. The normalized spacial score (nSPS) is 20.5. The minimum Gasteiger partial charge on any atom is -0.478 e. The number of hydrogen-bond donors (Lipinski definition) is 1. The molecule has 0 radical (unpaired) electrons. The molecule has 35 heavy (non-hydrogen) atoms. The van der Waals surface area contributed by atoms with Crippen molar-refractivity contribution in [3.8, 4) is 5.69 Å². The van der Waals surface area contributed by atoms with Crippen molar-refractivity contribution in [2.75, 3.05) is 31.1 Å². The van der Waals surface area contributed by atoms with Gasteiger partial charge >= 0.3 is 5.97 Å². The highest BCUT2D eigenvalue weighted by molar-refractivity contribution is 5.87. The van der Waals surface area contributed by atoms with E-state index in [1.807, 2.05) is 46.1 Å². The molecule has 1 aromatic carbocycles. The average molecular weight is 475 g/mol. The summed E-state index contributed by atoms with van der Waals surface area (Å²) >= 11 is 0. The first kappa shape index (κ1) is 23.0. The number of aromatic nitrogens is 3. The Morgan fingerprint density at radius 1 is 1.06 bits per heavy atom. The number of rotatable bonds is 5. The van der Waals surface area contributed by atoms with E-state index in [0.29, 0.717) is 19.6 Å². The fourth-order valence-electron chi connectivity index (χ4n) is 5.05. The van der Waals surface area contributed by atoms with Gasteiger partial charge in [-0.2, -0.15) is 5.10 Å². The van der Waals surface area contributed by atoms with Crippen molar-refractivity contribution in [3.05, 3.63) is 71.7 Å². The summed E-state index contributed by atoms with van der Waals surface area (Å²) in [7, 11) is 0. The van der Waals surface area contributed by atoms with Crippen molar-refractivity contribution in [3.63, 3.8) is 0 Å². The molecule has 182 valence electrons. The second kappa shape index (κ2) is 9.50. The summed E-state index contributed by atoms with van der Waals surface area (Å²) in [4.78, 5) is 35.1. The molecule has 2 aromatic heterocycles. The number of nitrogens with zero attached hydrogens (tertiary/aromatic N) is 6. The van der Waals surface area contributed by atoms with Crippen LogP contribution in [-0.4, -0.2) is 79.8 Å². The zero-order chi connectivity index (χ0) is 24.5. The molecular formula is C26H30N6O3. The van der Waals surface area contributed by atoms with Gasteiger partial charge in [-0.3, -0.25) is 9.69 Å². The lowest BCUT2D eigenvalue weighted by Crippen LogP contribution is -2.59. The predicted molar refractivity (Wildman–Crippen MR) is 132 cm³/mol. The Kier molecular flexibility index (Phi) is 6.25. The molecule has 0 saturated carbocycles. The van der Waals surface area contributed by atoms with Gasteiger partial charge in [-0.15, -0.1) is 0 Å². The molecule has 1 N–H and O–H groups in total. The standard InChI is InChI=1S/C26H30N6O3/c1-18-13-30(24-9-8-20(12-27-24)26(34)35)14-19(2)31(18)17-25(33)29-11-10-23-21(15-29)16-32(28-23)22-6-4-3-5-7-22/h3-9,12,16,18-19H,10-11,13-15,17H2,1-2H3,(H,34,35). The van der Waals surface area contributed by atoms with Gasteiger partial charge in [0.15, 0.2) is 0 Å². The second-order valence-electron chi connectivity index (χ2n) is 9.43. The fourth-order valence-corrected chi connectivity index (χ4v) is 5.05. The van der Waals surface area contributed by atoms with E-state index in [9.17, 15) is 9.59 Å². The number of amides is 1. The Bertz CT molecular complexity index is 1200. The fraction of sp³-hybridized carbons (Fsp3) is 0.385. The Morgan fingerprint density at radius 3 is 2.46 bits per heavy atom. The molecule has 2 aliphatic rings. The highest BCUT2D eigenvalue weighted by Gasteiger charge is 2.33. The lowest BCUT2D eigenvalue weighted by molar-refractivity contribution is -0.134. The number of piperazine rings is 1. The van der Waals surface area contributed by atoms with E-state index in [1.54, 1.807) is 12.1 Å². The monoisotopic (exact) mass is 474 g/mol. The Labute approximate surface area is 204 Å². The molecule has 0 bridgehead atoms. The number of anilines is 1. The Hall–Kier alpha value is -3.72. The smallest absolute Gasteiger partial charge is 0.337 e. The summed E-state index contributed by atoms with van der Waals surface area (Å²) in [6, 6.07) is 13.7. The highest BCUT2D eigenvalue weighted by Crippen LogP contribution is 2.23. The molecule has 4 heterocycles. The molecule has 1 saturated heterocycles. The molecule has 9 heteroatoms. The molecule has 3 aromatic rings. The van der Waals surface area contributed by atoms with Crippen LogP contribution in [0, 0.1) is 0 Å². The van der Waals surface area contributed by atoms with Gasteiger partial charge in [-0.1, -0.05) is 18.2 Å². The predicted octanol–water partition coefficient (Wildman–Crippen LogP) is 2.45. The van der Waals surface area contributed by atoms with Crippen molar-refractivity contribution >= 4 is 17.7 Å². The van der Waals surface area contributed by atoms with Crippen LogP contribution >= 0.6 is 0 Å². The molecule has 1 fully saturated rings. The van der Waals surface area contributed by atoms with Crippen LogP contribution in [0.3, 0.4) is 0 Å². The quantitative estimate of drug-likeness (QED) is 0.607. The van der Waals surface area contributed by atoms with Gasteiger partial charge in [0.2, 0.25) is 5.91 Å². The first-order valence-electron chi connectivity index (χ1n) is 12.0. The molecule has 0 aliphatic carbocycles. The third-order valence-corrected chi connectivity index (χ3v) is 6.97. The lowest BCUT2D eigenvalue weighted by atomic mass is 10.1. The topological polar surface area (TPSA) is 94.8 Å². The third kappa shape index (κ3) is 4.77. The SMILES string of the molecule is CC1CN(c2ccc(C(=O)O)cn2)CC(C)N1CC(=O)N1CCc2nn(-c3ccccc3)cc2C1. The van der Waals surface area contributed by atoms with E-state index < -0.39 is 5.97 Å². The number of hydrogen-bond acceptors (Lipinski definition) is 6. The molecule has 0 spiro atoms. The maximum atomic E-state index is 13.3. The van der Waals surface area contributed by atoms with Crippen LogP contribution < -0.4 is 4.90 Å². The summed E-state index contributed by atoms with van der Waals surface area (Å²) < 4.78 is 1.90. The summed E-state index contributed by atoms with van der Waals surface area (Å²) in [6.07, 6.45) is 4.20. The maximum absolute atomic E-state index is 13.3. The Morgan fingerprint density at radius 2 is 1.80 bits per heavy atom. The number of carboxylic acids is 1. The summed E-state index contributed by atoms with van der Waals surface area (Å²) in [5.74, 6) is -0.0794. The van der Waals surface area contributed by atoms with Gasteiger partial charge in [-0.25, -0.2) is 14.5 Å². The number of para-hydroxylation sites is 1. The van der Waals surface area contributed by atoms with Crippen molar-refractivity contribution < 1.29 is 14.7 Å². The molecule has 1 amide bonds. The van der Waals surface area contributed by atoms with E-state index in [1.165, 1.54) is 6.20 Å². The van der Waals surface area contributed by atoms with E-state index in [0.717, 1.165) is 42.3 Å². The first-order valence-corrected chi connectivity index (χ1v) is 12.0. The van der Waals surface area contributed by atoms with E-state index >= 15 is 0 Å². The van der Waals surface area contributed by atoms with Gasteiger partial charge in [0, 0.05) is 62.6 Å². The summed E-state index contributed by atoms with van der Waals surface area (Å²) in [5, 5.41) is 13.8. The molecule has 2 unspecified atom stereocenters. The van der Waals surface area contributed by atoms with Gasteiger partial charge in [0.05, 0.1) is 23.5 Å². The molecule has 9 nitrogen and oxygen atoms in total. The third-order valence-electron chi connectivity index (χ3n) is 6.97. The zero-order valence-corrected chi connectivity index (χ0v) is 20.0. The number of fused-ring (bicyclic) bond motifs is 1. The number of benzene rings is 1. The van der Waals surface area contributed by atoms with Gasteiger partial charge in [0.25, 0.3) is 0 Å². The van der Waals surface area contributed by atoms with E-state index in [2.05, 4.69) is 28.6 Å². The maximum Gasteiger partial charge on any atom is 0.337 e. The second-order valence-corrected chi connectivity index (χ2v) is 9.43. The van der Waals surface area contributed by atoms with Crippen LogP contribution in [0.2, 0.25) is 0 Å². The number of pyridine rings is 1. The number of carbonyl (C=O) groups excluding carboxylic acids is 1. The first-order chi connectivity index (χ1) is 16.9. The molecule has 2 atom stereocenters. The van der Waals surface area contributed by atoms with Crippen LogP contribution in [0.4, 0.5) is 5.82 Å². The van der Waals surface area contributed by atoms with Crippen LogP contribution in [0.25, 0.3) is 5.69 Å². The van der Waals surface area contributed by atoms with Crippen LogP contribution in [0.15, 0.2) is 54.9 Å². The number of carboxylic acid groups (broad SMARTS) is 1. The lowest BCUT2D eigenvalue weighted by Gasteiger charge is -2.45. The van der Waals surface area contributed by atoms with E-state index in [4.69, 9.17) is 10.2 Å². The van der Waals surface area contributed by atoms with Crippen molar-refractivity contribution in [2.45, 2.75) is 38.9 Å². The van der Waals surface area contributed by atoms with Crippen molar-refractivity contribution in [1.82, 2.24) is 24.6 Å². The van der Waals surface area contributed by atoms with Gasteiger partial charge < -0.3 is 14.9 Å². The van der Waals surface area contributed by atoms with Crippen LogP contribution in [0.5, 0.6) is 0 Å². The minimum absolute atomic E-state index is 0.138. The summed E-state index contributed by atoms with van der Waals surface area (Å²) in [5.41, 5.74) is 3.37. The van der Waals surface area contributed by atoms with Crippen molar-refractivity contribution in [2.24, 2.45) is 0 Å². The van der Waals surface area contributed by atoms with Crippen LogP contribution in [0.1, 0.15) is 35.5 Å². The Balaban J connectivity index is 1.21. The van der Waals surface area contributed by atoms with Gasteiger partial charge in [0.1, 0.15) is 5.82 Å². The number of aromatic carboxylic acids is 1. The largest absolute Gasteiger partial charge is 0.478 e. The highest BCUT2D eigenvalue weighted by atomic mass is 16.4. The van der Waals surface area contributed by atoms with Crippen LogP contribution in [-0.2, 0) is 17.8 Å². The molecule has 5 rings (SSSR count). The van der Waals surface area contributed by atoms with Crippen molar-refractivity contribution in [1.29, 1.82) is 0 Å². The molecular weight excluding hydrogens is 444 g/mol. The zero-order valence-electron chi connectivity index (χ0n) is 20.0. The van der Waals surface area contributed by atoms with Gasteiger partial charge in [-0.05, 0) is 38.1 Å². The average Bonchev–Trinajstić information content (AvgIpc) is 3.30. The molecule has 2 aliphatic heterocycles. The summed E-state index contributed by atoms with van der Waals surface area (Å²) in [6.45, 7) is 7.35.